The van der Waals surface area contributed by atoms with E-state index >= 15 is 0 Å². The van der Waals surface area contributed by atoms with Crippen molar-refractivity contribution in [1.29, 1.82) is 0 Å². The number of rotatable bonds is 3. The van der Waals surface area contributed by atoms with E-state index in [-0.39, 0.29) is 27.7 Å². The van der Waals surface area contributed by atoms with Crippen molar-refractivity contribution in [3.05, 3.63) is 72.5 Å². The number of methoxy groups -OCH3 is 2. The van der Waals surface area contributed by atoms with Crippen LogP contribution in [0.15, 0.2) is 45.1 Å². The van der Waals surface area contributed by atoms with E-state index in [2.05, 4.69) is 5.32 Å². The molecule has 1 aromatic carbocycles. The molecule has 0 fully saturated rings. The lowest BCUT2D eigenvalue weighted by atomic mass is 9.82. The number of benzene rings is 1. The van der Waals surface area contributed by atoms with Gasteiger partial charge in [0, 0.05) is 19.1 Å². The first-order valence-electron chi connectivity index (χ1n) is 8.46. The number of halogens is 1. The summed E-state index contributed by atoms with van der Waals surface area (Å²) in [5, 5.41) is 2.99. The third-order valence-corrected chi connectivity index (χ3v) is 5.14. The monoisotopic (exact) mass is 419 g/mol. The Balaban J connectivity index is 2.52. The first kappa shape index (κ1) is 20.4. The summed E-state index contributed by atoms with van der Waals surface area (Å²) in [6.45, 7) is 0. The van der Waals surface area contributed by atoms with Gasteiger partial charge in [0.25, 0.3) is 5.56 Å². The van der Waals surface area contributed by atoms with Crippen molar-refractivity contribution in [2.24, 2.45) is 14.1 Å². The number of nitrogens with one attached hydrogen (secondary N) is 1. The van der Waals surface area contributed by atoms with E-state index in [9.17, 15) is 19.2 Å². The third kappa shape index (κ3) is 3.13. The number of aromatic nitrogens is 2. The molecule has 10 heteroatoms. The summed E-state index contributed by atoms with van der Waals surface area (Å²) in [5.41, 5.74) is -1.14. The van der Waals surface area contributed by atoms with Crippen LogP contribution in [0.4, 0.5) is 5.82 Å². The van der Waals surface area contributed by atoms with Crippen LogP contribution in [0.5, 0.6) is 0 Å². The van der Waals surface area contributed by atoms with Crippen LogP contribution in [0.3, 0.4) is 0 Å². The molecular formula is C19H18ClN3O6. The van der Waals surface area contributed by atoms with Crippen molar-refractivity contribution in [1.82, 2.24) is 9.13 Å². The zero-order valence-electron chi connectivity index (χ0n) is 16.1. The first-order chi connectivity index (χ1) is 13.7. The summed E-state index contributed by atoms with van der Waals surface area (Å²) in [7, 11) is 5.07. The highest BCUT2D eigenvalue weighted by Gasteiger charge is 2.41. The summed E-state index contributed by atoms with van der Waals surface area (Å²) >= 11 is 6.37. The predicted molar refractivity (Wildman–Crippen MR) is 105 cm³/mol. The molecule has 0 spiro atoms. The SMILES string of the molecule is COC(=O)C1=C(C(=O)OC)C(c2ccccc2Cl)c2c(n(C)c(=O)n(C)c2=O)N1. The Bertz CT molecular complexity index is 1180. The van der Waals surface area contributed by atoms with E-state index in [1.807, 2.05) is 0 Å². The van der Waals surface area contributed by atoms with Crippen LogP contribution in [0.1, 0.15) is 17.0 Å². The molecule has 1 N–H and O–H groups in total. The van der Waals surface area contributed by atoms with E-state index in [1.54, 1.807) is 24.3 Å². The highest BCUT2D eigenvalue weighted by atomic mass is 35.5. The standard InChI is InChI=1S/C19H18ClN3O6/c1-22-15-13(16(24)23(2)19(22)27)11(9-7-5-6-8-10(9)20)12(17(25)28-3)14(21-15)18(26)29-4/h5-8,11,21H,1-4H3. The topological polar surface area (TPSA) is 109 Å². The Morgan fingerprint density at radius 2 is 1.66 bits per heavy atom. The van der Waals surface area contributed by atoms with Crippen LogP contribution in [0.2, 0.25) is 5.02 Å². The molecule has 152 valence electrons. The molecule has 2 heterocycles. The lowest BCUT2D eigenvalue weighted by molar-refractivity contribution is -0.139. The van der Waals surface area contributed by atoms with Crippen LogP contribution in [-0.4, -0.2) is 35.3 Å². The number of nitrogens with zero attached hydrogens (tertiary/aromatic N) is 2. The van der Waals surface area contributed by atoms with E-state index in [0.717, 1.165) is 18.8 Å². The van der Waals surface area contributed by atoms with Crippen molar-refractivity contribution >= 4 is 29.4 Å². The Morgan fingerprint density at radius 1 is 1.03 bits per heavy atom. The lowest BCUT2D eigenvalue weighted by Crippen LogP contribution is -2.44. The molecule has 0 radical (unpaired) electrons. The number of anilines is 1. The van der Waals surface area contributed by atoms with Crippen LogP contribution in [0, 0.1) is 0 Å². The van der Waals surface area contributed by atoms with Gasteiger partial charge in [-0.2, -0.15) is 0 Å². The minimum atomic E-state index is -1.06. The van der Waals surface area contributed by atoms with Gasteiger partial charge in [-0.3, -0.25) is 13.9 Å². The van der Waals surface area contributed by atoms with Crippen molar-refractivity contribution < 1.29 is 19.1 Å². The number of carbonyl (C=O) groups is 2. The van der Waals surface area contributed by atoms with Gasteiger partial charge in [0.1, 0.15) is 11.5 Å². The molecule has 0 saturated carbocycles. The van der Waals surface area contributed by atoms with E-state index in [4.69, 9.17) is 21.1 Å². The van der Waals surface area contributed by atoms with Crippen LogP contribution >= 0.6 is 11.6 Å². The van der Waals surface area contributed by atoms with Crippen molar-refractivity contribution in [2.75, 3.05) is 19.5 Å². The van der Waals surface area contributed by atoms with E-state index in [1.165, 1.54) is 18.7 Å². The van der Waals surface area contributed by atoms with Crippen LogP contribution in [-0.2, 0) is 33.2 Å². The Kier molecular flexibility index (Phi) is 5.34. The van der Waals surface area contributed by atoms with E-state index < -0.39 is 29.1 Å². The van der Waals surface area contributed by atoms with Gasteiger partial charge in [-0.1, -0.05) is 29.8 Å². The molecule has 1 aromatic heterocycles. The normalized spacial score (nSPS) is 15.4. The van der Waals surface area contributed by atoms with Crippen molar-refractivity contribution in [3.8, 4) is 0 Å². The number of fused-ring (bicyclic) bond motifs is 1. The van der Waals surface area contributed by atoms with Crippen LogP contribution < -0.4 is 16.6 Å². The molecule has 1 atom stereocenters. The molecule has 1 aliphatic rings. The van der Waals surface area contributed by atoms with Crippen molar-refractivity contribution in [3.63, 3.8) is 0 Å². The zero-order chi connectivity index (χ0) is 21.5. The predicted octanol–water partition coefficient (Wildman–Crippen LogP) is 0.895. The molecule has 0 aliphatic carbocycles. The summed E-state index contributed by atoms with van der Waals surface area (Å²) in [6, 6.07) is 6.60. The number of ether oxygens (including phenoxy) is 2. The fourth-order valence-corrected chi connectivity index (χ4v) is 3.61. The second-order valence-corrected chi connectivity index (χ2v) is 6.73. The second-order valence-electron chi connectivity index (χ2n) is 6.32. The smallest absolute Gasteiger partial charge is 0.355 e. The van der Waals surface area contributed by atoms with E-state index in [0.29, 0.717) is 5.56 Å². The summed E-state index contributed by atoms with van der Waals surface area (Å²) in [4.78, 5) is 50.7. The molecule has 9 nitrogen and oxygen atoms in total. The quantitative estimate of drug-likeness (QED) is 0.736. The number of hydrogen-bond donors (Lipinski definition) is 1. The highest BCUT2D eigenvalue weighted by molar-refractivity contribution is 6.31. The van der Waals surface area contributed by atoms with Gasteiger partial charge in [-0.25, -0.2) is 14.4 Å². The molecule has 3 rings (SSSR count). The number of hydrogen-bond acceptors (Lipinski definition) is 7. The molecule has 2 aromatic rings. The van der Waals surface area contributed by atoms with Gasteiger partial charge in [-0.15, -0.1) is 0 Å². The summed E-state index contributed by atoms with van der Waals surface area (Å²) in [5.74, 6) is -2.70. The van der Waals surface area contributed by atoms with Gasteiger partial charge >= 0.3 is 17.6 Å². The Hall–Kier alpha value is -3.33. The van der Waals surface area contributed by atoms with Gasteiger partial charge in [0.2, 0.25) is 0 Å². The fraction of sp³-hybridized carbons (Fsp3) is 0.263. The number of carbonyl (C=O) groups excluding carboxylic acids is 2. The molecule has 0 bridgehead atoms. The first-order valence-corrected chi connectivity index (χ1v) is 8.84. The van der Waals surface area contributed by atoms with Gasteiger partial charge in [0.05, 0.1) is 31.3 Å². The molecule has 1 unspecified atom stereocenters. The largest absolute Gasteiger partial charge is 0.466 e. The molecule has 0 amide bonds. The average molecular weight is 420 g/mol. The average Bonchev–Trinajstić information content (AvgIpc) is 2.74. The van der Waals surface area contributed by atoms with Crippen LogP contribution in [0.25, 0.3) is 0 Å². The Morgan fingerprint density at radius 3 is 2.24 bits per heavy atom. The maximum absolute atomic E-state index is 13.1. The highest BCUT2D eigenvalue weighted by Crippen LogP contribution is 2.42. The Labute approximate surface area is 170 Å². The number of esters is 2. The minimum absolute atomic E-state index is 0.0658. The van der Waals surface area contributed by atoms with Gasteiger partial charge < -0.3 is 14.8 Å². The fourth-order valence-electron chi connectivity index (χ4n) is 3.37. The molecule has 29 heavy (non-hydrogen) atoms. The maximum atomic E-state index is 13.1. The summed E-state index contributed by atoms with van der Waals surface area (Å²) < 4.78 is 11.8. The lowest BCUT2D eigenvalue weighted by Gasteiger charge is -2.31. The minimum Gasteiger partial charge on any atom is -0.466 e. The second kappa shape index (κ2) is 7.59. The van der Waals surface area contributed by atoms with Gasteiger partial charge in [-0.05, 0) is 11.6 Å². The maximum Gasteiger partial charge on any atom is 0.355 e. The molecular weight excluding hydrogens is 402 g/mol. The van der Waals surface area contributed by atoms with Crippen molar-refractivity contribution in [2.45, 2.75) is 5.92 Å². The third-order valence-electron chi connectivity index (χ3n) is 4.80. The summed E-state index contributed by atoms with van der Waals surface area (Å²) in [6.07, 6.45) is 0. The zero-order valence-corrected chi connectivity index (χ0v) is 16.9. The molecule has 1 aliphatic heterocycles. The van der Waals surface area contributed by atoms with Gasteiger partial charge in [0.15, 0.2) is 0 Å². The molecule has 0 saturated heterocycles.